The molecule has 0 aromatic carbocycles. The van der Waals surface area contributed by atoms with Crippen molar-refractivity contribution in [2.45, 2.75) is 45.8 Å². The van der Waals surface area contributed by atoms with E-state index in [4.69, 9.17) is 4.74 Å². The Kier molecular flexibility index (Phi) is 7.14. The van der Waals surface area contributed by atoms with Crippen LogP contribution in [0.2, 0.25) is 0 Å². The lowest BCUT2D eigenvalue weighted by molar-refractivity contribution is 0.00850. The Labute approximate surface area is 95.2 Å². The van der Waals surface area contributed by atoms with Gasteiger partial charge >= 0.3 is 0 Å². The fourth-order valence-electron chi connectivity index (χ4n) is 1.55. The number of nitrogens with zero attached hydrogens (tertiary/aromatic N) is 1. The van der Waals surface area contributed by atoms with Gasteiger partial charge in [-0.3, -0.25) is 0 Å². The third kappa shape index (κ3) is 7.77. The molecule has 0 radical (unpaired) electrons. The first-order valence-electron chi connectivity index (χ1n) is 5.88. The summed E-state index contributed by atoms with van der Waals surface area (Å²) in [6, 6.07) is 0.505. The molecular formula is C12H28N2O. The monoisotopic (exact) mass is 216 g/mol. The lowest BCUT2D eigenvalue weighted by atomic mass is 10.00. The third-order valence-corrected chi connectivity index (χ3v) is 2.88. The molecule has 0 saturated carbocycles. The maximum atomic E-state index is 5.41. The molecule has 0 rings (SSSR count). The number of methoxy groups -OCH3 is 1. The molecule has 92 valence electrons. The maximum absolute atomic E-state index is 5.41. The van der Waals surface area contributed by atoms with Crippen LogP contribution in [0.4, 0.5) is 0 Å². The zero-order valence-corrected chi connectivity index (χ0v) is 11.3. The smallest absolute Gasteiger partial charge is 0.0637 e. The minimum atomic E-state index is -0.0247. The van der Waals surface area contributed by atoms with Crippen molar-refractivity contribution in [3.8, 4) is 0 Å². The maximum Gasteiger partial charge on any atom is 0.0637 e. The van der Waals surface area contributed by atoms with Gasteiger partial charge in [-0.15, -0.1) is 0 Å². The van der Waals surface area contributed by atoms with Crippen molar-refractivity contribution in [3.63, 3.8) is 0 Å². The summed E-state index contributed by atoms with van der Waals surface area (Å²) < 4.78 is 5.41. The van der Waals surface area contributed by atoms with Crippen molar-refractivity contribution >= 4 is 0 Å². The minimum Gasteiger partial charge on any atom is -0.379 e. The summed E-state index contributed by atoms with van der Waals surface area (Å²) >= 11 is 0. The first kappa shape index (κ1) is 14.9. The largest absolute Gasteiger partial charge is 0.379 e. The molecule has 0 aromatic rings. The van der Waals surface area contributed by atoms with Crippen LogP contribution in [0, 0.1) is 0 Å². The zero-order valence-electron chi connectivity index (χ0n) is 11.3. The summed E-state index contributed by atoms with van der Waals surface area (Å²) in [5.41, 5.74) is -0.0247. The highest BCUT2D eigenvalue weighted by molar-refractivity contribution is 4.75. The van der Waals surface area contributed by atoms with Gasteiger partial charge in [0.05, 0.1) is 5.60 Å². The highest BCUT2D eigenvalue weighted by Gasteiger charge is 2.19. The van der Waals surface area contributed by atoms with Gasteiger partial charge in [-0.25, -0.2) is 0 Å². The summed E-state index contributed by atoms with van der Waals surface area (Å²) in [6.07, 6.45) is 1.04. The van der Waals surface area contributed by atoms with Gasteiger partial charge in [0.2, 0.25) is 0 Å². The molecule has 15 heavy (non-hydrogen) atoms. The van der Waals surface area contributed by atoms with Crippen LogP contribution in [0.3, 0.4) is 0 Å². The molecule has 3 heteroatoms. The highest BCUT2D eigenvalue weighted by Crippen LogP contribution is 2.14. The van der Waals surface area contributed by atoms with E-state index in [0.717, 1.165) is 26.1 Å². The molecule has 1 N–H and O–H groups in total. The molecule has 0 aliphatic heterocycles. The summed E-state index contributed by atoms with van der Waals surface area (Å²) in [7, 11) is 3.92. The second-order valence-electron chi connectivity index (χ2n) is 4.92. The number of hydrogen-bond acceptors (Lipinski definition) is 3. The molecule has 0 heterocycles. The minimum absolute atomic E-state index is 0.0247. The molecule has 1 unspecified atom stereocenters. The van der Waals surface area contributed by atoms with Crippen molar-refractivity contribution in [1.82, 2.24) is 10.2 Å². The molecule has 3 nitrogen and oxygen atoms in total. The van der Waals surface area contributed by atoms with Gasteiger partial charge in [-0.2, -0.15) is 0 Å². The van der Waals surface area contributed by atoms with E-state index in [1.807, 2.05) is 0 Å². The van der Waals surface area contributed by atoms with Gasteiger partial charge in [0.25, 0.3) is 0 Å². The number of hydrogen-bond donors (Lipinski definition) is 1. The third-order valence-electron chi connectivity index (χ3n) is 2.88. The standard InChI is InChI=1S/C12H28N2O/c1-7-14(5)9-8-13-11(2)10-12(3,4)15-6/h11,13H,7-10H2,1-6H3. The molecule has 0 aromatic heterocycles. The number of rotatable bonds is 8. The second-order valence-corrected chi connectivity index (χ2v) is 4.92. The van der Waals surface area contributed by atoms with Gasteiger partial charge in [-0.1, -0.05) is 6.92 Å². The van der Waals surface area contributed by atoms with Crippen molar-refractivity contribution in [2.75, 3.05) is 33.8 Å². The quantitative estimate of drug-likeness (QED) is 0.669. The highest BCUT2D eigenvalue weighted by atomic mass is 16.5. The molecule has 1 atom stereocenters. The van der Waals surface area contributed by atoms with E-state index >= 15 is 0 Å². The predicted molar refractivity (Wildman–Crippen MR) is 66.3 cm³/mol. The Hall–Kier alpha value is -0.120. The summed E-state index contributed by atoms with van der Waals surface area (Å²) in [5.74, 6) is 0. The van der Waals surface area contributed by atoms with Gasteiger partial charge in [-0.05, 0) is 40.8 Å². The molecule has 0 aliphatic rings. The van der Waals surface area contributed by atoms with Gasteiger partial charge in [0, 0.05) is 26.2 Å². The molecule has 0 saturated heterocycles. The number of ether oxygens (including phenoxy) is 1. The molecule has 0 bridgehead atoms. The first-order chi connectivity index (χ1) is 6.91. The Morgan fingerprint density at radius 1 is 1.40 bits per heavy atom. The van der Waals surface area contributed by atoms with E-state index in [1.165, 1.54) is 0 Å². The average molecular weight is 216 g/mol. The van der Waals surface area contributed by atoms with Gasteiger partial charge in [0.1, 0.15) is 0 Å². The first-order valence-corrected chi connectivity index (χ1v) is 5.88. The normalized spacial score (nSPS) is 14.6. The fourth-order valence-corrected chi connectivity index (χ4v) is 1.55. The molecule has 0 aliphatic carbocycles. The SMILES string of the molecule is CCN(C)CCNC(C)CC(C)(C)OC. The van der Waals surface area contributed by atoms with Crippen LogP contribution in [-0.2, 0) is 4.74 Å². The van der Waals surface area contributed by atoms with Crippen LogP contribution in [-0.4, -0.2) is 50.3 Å². The molecule has 0 amide bonds. The summed E-state index contributed by atoms with van der Waals surface area (Å²) in [6.45, 7) is 11.9. The second kappa shape index (κ2) is 7.20. The van der Waals surface area contributed by atoms with Crippen LogP contribution in [0.1, 0.15) is 34.1 Å². The molecule has 0 spiro atoms. The Bertz CT molecular complexity index is 160. The van der Waals surface area contributed by atoms with Crippen LogP contribution >= 0.6 is 0 Å². The Morgan fingerprint density at radius 2 is 2.00 bits per heavy atom. The van der Waals surface area contributed by atoms with Gasteiger partial charge in [0.15, 0.2) is 0 Å². The number of likely N-dealkylation sites (N-methyl/N-ethyl adjacent to an activating group) is 1. The summed E-state index contributed by atoms with van der Waals surface area (Å²) in [4.78, 5) is 2.31. The average Bonchev–Trinajstić information content (AvgIpc) is 2.16. The van der Waals surface area contributed by atoms with Crippen molar-refractivity contribution in [2.24, 2.45) is 0 Å². The zero-order chi connectivity index (χ0) is 11.9. The van der Waals surface area contributed by atoms with Crippen LogP contribution in [0.25, 0.3) is 0 Å². The van der Waals surface area contributed by atoms with Crippen LogP contribution in [0.15, 0.2) is 0 Å². The topological polar surface area (TPSA) is 24.5 Å². The van der Waals surface area contributed by atoms with E-state index < -0.39 is 0 Å². The molecular weight excluding hydrogens is 188 g/mol. The Balaban J connectivity index is 3.62. The van der Waals surface area contributed by atoms with Crippen molar-refractivity contribution < 1.29 is 4.74 Å². The van der Waals surface area contributed by atoms with Crippen molar-refractivity contribution in [1.29, 1.82) is 0 Å². The fraction of sp³-hybridized carbons (Fsp3) is 1.00. The van der Waals surface area contributed by atoms with Crippen LogP contribution in [0.5, 0.6) is 0 Å². The summed E-state index contributed by atoms with van der Waals surface area (Å²) in [5, 5.41) is 3.52. The lowest BCUT2D eigenvalue weighted by Gasteiger charge is -2.27. The van der Waals surface area contributed by atoms with E-state index in [9.17, 15) is 0 Å². The van der Waals surface area contributed by atoms with E-state index in [-0.39, 0.29) is 5.60 Å². The van der Waals surface area contributed by atoms with E-state index in [1.54, 1.807) is 7.11 Å². The van der Waals surface area contributed by atoms with Crippen molar-refractivity contribution in [3.05, 3.63) is 0 Å². The van der Waals surface area contributed by atoms with Crippen LogP contribution < -0.4 is 5.32 Å². The number of nitrogens with one attached hydrogen (secondary N) is 1. The van der Waals surface area contributed by atoms with Gasteiger partial charge < -0.3 is 15.0 Å². The van der Waals surface area contributed by atoms with E-state index in [2.05, 4.69) is 45.0 Å². The van der Waals surface area contributed by atoms with E-state index in [0.29, 0.717) is 6.04 Å². The lowest BCUT2D eigenvalue weighted by Crippen LogP contribution is -2.39. The molecule has 0 fully saturated rings. The predicted octanol–water partition coefficient (Wildman–Crippen LogP) is 1.73. The Morgan fingerprint density at radius 3 is 2.47 bits per heavy atom.